The zero-order valence-corrected chi connectivity index (χ0v) is 15.3. The van der Waals surface area contributed by atoms with Crippen LogP contribution < -0.4 is 0 Å². The number of hydrogen-bond donors (Lipinski definition) is 0. The van der Waals surface area contributed by atoms with E-state index >= 15 is 0 Å². The van der Waals surface area contributed by atoms with Gasteiger partial charge in [0.1, 0.15) is 0 Å². The van der Waals surface area contributed by atoms with Crippen molar-refractivity contribution in [3.8, 4) is 6.07 Å². The summed E-state index contributed by atoms with van der Waals surface area (Å²) in [6.07, 6.45) is 1.06. The molecule has 0 unspecified atom stereocenters. The van der Waals surface area contributed by atoms with Crippen molar-refractivity contribution in [1.29, 1.82) is 5.26 Å². The summed E-state index contributed by atoms with van der Waals surface area (Å²) in [7, 11) is 0. The molecule has 5 heteroatoms. The van der Waals surface area contributed by atoms with Gasteiger partial charge in [-0.15, -0.1) is 0 Å². The van der Waals surface area contributed by atoms with Gasteiger partial charge in [0.15, 0.2) is 0 Å². The molecule has 25 heavy (non-hydrogen) atoms. The van der Waals surface area contributed by atoms with Gasteiger partial charge in [0.25, 0.3) is 0 Å². The van der Waals surface area contributed by atoms with Gasteiger partial charge in [-0.3, -0.25) is 14.6 Å². The normalized spacial score (nSPS) is 25.6. The first-order valence-corrected chi connectivity index (χ1v) is 9.28. The largest absolute Gasteiger partial charge is 0.342 e. The second-order valence-electron chi connectivity index (χ2n) is 7.45. The first kappa shape index (κ1) is 17.9. The number of likely N-dealkylation sites (tertiary alicyclic amines) is 1. The molecule has 1 aromatic rings. The van der Waals surface area contributed by atoms with Crippen molar-refractivity contribution < 1.29 is 4.79 Å². The molecule has 2 fully saturated rings. The summed E-state index contributed by atoms with van der Waals surface area (Å²) >= 11 is 0. The van der Waals surface area contributed by atoms with E-state index in [9.17, 15) is 4.79 Å². The number of benzene rings is 1. The van der Waals surface area contributed by atoms with Gasteiger partial charge in [-0.1, -0.05) is 19.1 Å². The Morgan fingerprint density at radius 2 is 2.08 bits per heavy atom. The molecule has 2 aliphatic rings. The number of hydrogen-bond acceptors (Lipinski definition) is 4. The van der Waals surface area contributed by atoms with Crippen molar-refractivity contribution in [1.82, 2.24) is 14.7 Å². The Morgan fingerprint density at radius 1 is 1.24 bits per heavy atom. The van der Waals surface area contributed by atoms with Crippen LogP contribution in [0.1, 0.15) is 31.4 Å². The summed E-state index contributed by atoms with van der Waals surface area (Å²) in [5.74, 6) is 0.823. The molecule has 2 atom stereocenters. The van der Waals surface area contributed by atoms with Crippen LogP contribution in [0.2, 0.25) is 0 Å². The van der Waals surface area contributed by atoms with Crippen molar-refractivity contribution >= 4 is 5.91 Å². The number of carbonyl (C=O) groups excluding carboxylic acids is 1. The van der Waals surface area contributed by atoms with Gasteiger partial charge in [0.05, 0.1) is 11.6 Å². The highest BCUT2D eigenvalue weighted by Gasteiger charge is 2.34. The third-order valence-corrected chi connectivity index (χ3v) is 5.56. The standard InChI is InChI=1S/C20H28N4O/c1-16-13-22(14-19-6-3-5-18(11-19)12-21)15-20(16)24-8-4-7-23(9-10-24)17(2)25/h3,5-6,11,16,20H,4,7-10,13-15H2,1-2H3/t16-,20-/m0/s1. The number of nitrogens with zero attached hydrogens (tertiary/aromatic N) is 4. The molecule has 0 saturated carbocycles. The average Bonchev–Trinajstić information content (AvgIpc) is 2.82. The lowest BCUT2D eigenvalue weighted by atomic mass is 10.0. The highest BCUT2D eigenvalue weighted by atomic mass is 16.2. The highest BCUT2D eigenvalue weighted by Crippen LogP contribution is 2.24. The molecule has 0 aliphatic carbocycles. The average molecular weight is 340 g/mol. The molecule has 2 aliphatic heterocycles. The van der Waals surface area contributed by atoms with E-state index in [-0.39, 0.29) is 5.91 Å². The van der Waals surface area contributed by atoms with Crippen molar-refractivity contribution in [3.63, 3.8) is 0 Å². The van der Waals surface area contributed by atoms with E-state index in [1.165, 1.54) is 5.56 Å². The Kier molecular flexibility index (Phi) is 5.72. The molecule has 0 radical (unpaired) electrons. The maximum Gasteiger partial charge on any atom is 0.219 e. The smallest absolute Gasteiger partial charge is 0.219 e. The Balaban J connectivity index is 1.59. The van der Waals surface area contributed by atoms with E-state index in [1.54, 1.807) is 6.92 Å². The molecule has 0 bridgehead atoms. The van der Waals surface area contributed by atoms with Gasteiger partial charge in [-0.25, -0.2) is 0 Å². The van der Waals surface area contributed by atoms with Crippen LogP contribution >= 0.6 is 0 Å². The predicted octanol–water partition coefficient (Wildman–Crippen LogP) is 1.93. The summed E-state index contributed by atoms with van der Waals surface area (Å²) in [4.78, 5) is 18.7. The van der Waals surface area contributed by atoms with E-state index in [1.807, 2.05) is 23.1 Å². The fraction of sp³-hybridized carbons (Fsp3) is 0.600. The molecule has 2 heterocycles. The lowest BCUT2D eigenvalue weighted by Gasteiger charge is -2.30. The van der Waals surface area contributed by atoms with Crippen LogP contribution in [0, 0.1) is 17.2 Å². The Morgan fingerprint density at radius 3 is 2.84 bits per heavy atom. The zero-order chi connectivity index (χ0) is 17.8. The first-order valence-electron chi connectivity index (χ1n) is 9.28. The topological polar surface area (TPSA) is 50.6 Å². The number of carbonyl (C=O) groups is 1. The molecule has 1 amide bonds. The van der Waals surface area contributed by atoms with Gasteiger partial charge >= 0.3 is 0 Å². The molecule has 1 aromatic carbocycles. The minimum Gasteiger partial charge on any atom is -0.342 e. The molecule has 0 spiro atoms. The Hall–Kier alpha value is -1.90. The number of amides is 1. The van der Waals surface area contributed by atoms with E-state index in [4.69, 9.17) is 5.26 Å². The van der Waals surface area contributed by atoms with E-state index < -0.39 is 0 Å². The van der Waals surface area contributed by atoms with Crippen LogP contribution in [0.25, 0.3) is 0 Å². The maximum absolute atomic E-state index is 11.6. The fourth-order valence-corrected chi connectivity index (χ4v) is 4.23. The third kappa shape index (κ3) is 4.39. The summed E-state index contributed by atoms with van der Waals surface area (Å²) < 4.78 is 0. The monoisotopic (exact) mass is 340 g/mol. The quantitative estimate of drug-likeness (QED) is 0.844. The van der Waals surface area contributed by atoms with E-state index in [0.717, 1.165) is 57.8 Å². The third-order valence-electron chi connectivity index (χ3n) is 5.56. The maximum atomic E-state index is 11.6. The molecular formula is C20H28N4O. The predicted molar refractivity (Wildman–Crippen MR) is 97.8 cm³/mol. The SMILES string of the molecule is CC(=O)N1CCCN([C@H]2CN(Cc3cccc(C#N)c3)C[C@@H]2C)CC1. The zero-order valence-electron chi connectivity index (χ0n) is 15.3. The molecular weight excluding hydrogens is 312 g/mol. The molecule has 3 rings (SSSR count). The lowest BCUT2D eigenvalue weighted by Crippen LogP contribution is -2.42. The molecule has 134 valence electrons. The number of nitriles is 1. The molecule has 0 aromatic heterocycles. The van der Waals surface area contributed by atoms with Crippen molar-refractivity contribution in [2.75, 3.05) is 39.3 Å². The molecule has 0 N–H and O–H groups in total. The van der Waals surface area contributed by atoms with Gasteiger partial charge < -0.3 is 4.90 Å². The minimum atomic E-state index is 0.195. The van der Waals surface area contributed by atoms with Gasteiger partial charge in [-0.05, 0) is 30.0 Å². The Bertz CT molecular complexity index is 653. The van der Waals surface area contributed by atoms with Gasteiger partial charge in [-0.2, -0.15) is 5.26 Å². The van der Waals surface area contributed by atoms with Gasteiger partial charge in [0.2, 0.25) is 5.91 Å². The van der Waals surface area contributed by atoms with E-state index in [0.29, 0.717) is 12.0 Å². The molecule has 2 saturated heterocycles. The van der Waals surface area contributed by atoms with Crippen LogP contribution in [0.5, 0.6) is 0 Å². The van der Waals surface area contributed by atoms with Crippen molar-refractivity contribution in [2.45, 2.75) is 32.9 Å². The van der Waals surface area contributed by atoms with Crippen LogP contribution in [0.15, 0.2) is 24.3 Å². The van der Waals surface area contributed by atoms with Crippen molar-refractivity contribution in [2.24, 2.45) is 5.92 Å². The summed E-state index contributed by atoms with van der Waals surface area (Å²) in [6.45, 7) is 10.9. The second-order valence-corrected chi connectivity index (χ2v) is 7.45. The number of rotatable bonds is 3. The summed E-state index contributed by atoms with van der Waals surface area (Å²) in [5.41, 5.74) is 1.95. The van der Waals surface area contributed by atoms with Crippen LogP contribution in [-0.2, 0) is 11.3 Å². The highest BCUT2D eigenvalue weighted by molar-refractivity contribution is 5.73. The van der Waals surface area contributed by atoms with Crippen LogP contribution in [0.3, 0.4) is 0 Å². The van der Waals surface area contributed by atoms with Crippen LogP contribution in [-0.4, -0.2) is 65.9 Å². The first-order chi connectivity index (χ1) is 12.1. The second kappa shape index (κ2) is 7.99. The Labute approximate surface area is 150 Å². The minimum absolute atomic E-state index is 0.195. The summed E-state index contributed by atoms with van der Waals surface area (Å²) in [6, 6.07) is 10.7. The fourth-order valence-electron chi connectivity index (χ4n) is 4.23. The summed E-state index contributed by atoms with van der Waals surface area (Å²) in [5, 5.41) is 9.07. The van der Waals surface area contributed by atoms with E-state index in [2.05, 4.69) is 28.9 Å². The van der Waals surface area contributed by atoms with Crippen LogP contribution in [0.4, 0.5) is 0 Å². The van der Waals surface area contributed by atoms with Crippen molar-refractivity contribution in [3.05, 3.63) is 35.4 Å². The lowest BCUT2D eigenvalue weighted by molar-refractivity contribution is -0.128. The van der Waals surface area contributed by atoms with Gasteiger partial charge in [0, 0.05) is 58.8 Å². The molecule has 5 nitrogen and oxygen atoms in total.